The second-order valence-corrected chi connectivity index (χ2v) is 11.0. The van der Waals surface area contributed by atoms with E-state index in [2.05, 4.69) is 113 Å². The van der Waals surface area contributed by atoms with Gasteiger partial charge in [-0.3, -0.25) is 0 Å². The Morgan fingerprint density at radius 1 is 0.514 bits per heavy atom. The number of rotatable bonds is 0. The third-order valence-corrected chi connectivity index (χ3v) is 7.32. The van der Waals surface area contributed by atoms with Crippen LogP contribution in [0.15, 0.2) is 60.7 Å². The Morgan fingerprint density at radius 2 is 0.771 bits per heavy atom. The van der Waals surface area contributed by atoms with Crippen LogP contribution in [0, 0.1) is 62.5 Å². The van der Waals surface area contributed by atoms with E-state index in [1.807, 2.05) is 24.3 Å². The maximum Gasteiger partial charge on any atom is 2.00 e. The fraction of sp³-hybridized carbons (Fsp3) is 0.267. The number of hydrogen-bond donors (Lipinski definition) is 2. The summed E-state index contributed by atoms with van der Waals surface area (Å²) >= 11 is 4.29. The van der Waals surface area contributed by atoms with Gasteiger partial charge in [0.1, 0.15) is 11.5 Å². The Bertz CT molecular complexity index is 1020. The zero-order valence-electron chi connectivity index (χ0n) is 21.9. The maximum atomic E-state index is 8.81. The van der Waals surface area contributed by atoms with Gasteiger partial charge >= 0.3 is 26.2 Å². The summed E-state index contributed by atoms with van der Waals surface area (Å²) in [4.78, 5) is 0. The van der Waals surface area contributed by atoms with Gasteiger partial charge in [0.25, 0.3) is 0 Å². The van der Waals surface area contributed by atoms with Crippen LogP contribution in [0.3, 0.4) is 0 Å². The quantitative estimate of drug-likeness (QED) is 0.138. The number of benzene rings is 2. The molecule has 0 unspecified atom stereocenters. The van der Waals surface area contributed by atoms with E-state index in [9.17, 15) is 0 Å². The van der Waals surface area contributed by atoms with Crippen molar-refractivity contribution in [2.75, 3.05) is 0 Å². The van der Waals surface area contributed by atoms with Crippen molar-refractivity contribution in [3.05, 3.63) is 112 Å². The van der Waals surface area contributed by atoms with Gasteiger partial charge in [0, 0.05) is 7.14 Å². The minimum atomic E-state index is 0. The summed E-state index contributed by atoms with van der Waals surface area (Å²) in [5, 5.41) is 17.6. The van der Waals surface area contributed by atoms with Crippen molar-refractivity contribution in [2.24, 2.45) is 0 Å². The molecule has 4 aromatic carbocycles. The van der Waals surface area contributed by atoms with Gasteiger partial charge in [0.2, 0.25) is 0 Å². The van der Waals surface area contributed by atoms with E-state index >= 15 is 0 Å². The molecule has 5 heteroatoms. The standard InChI is InChI=1S/2C9H13.2C6H5IO.Zr/c2*1-6-5-7(2)9(4)8(6)3;2*7-5-2-1-3-6(8)4-5;/h2*5H,1-4H3;2*1-4,8H;/q2*-1;;;+2. The summed E-state index contributed by atoms with van der Waals surface area (Å²) in [5.74, 6) is 0.661. The Kier molecular flexibility index (Phi) is 16.3. The van der Waals surface area contributed by atoms with Crippen LogP contribution in [0.4, 0.5) is 0 Å². The smallest absolute Gasteiger partial charge is 0.508 e. The summed E-state index contributed by atoms with van der Waals surface area (Å²) in [5.41, 5.74) is 11.5. The van der Waals surface area contributed by atoms with Crippen molar-refractivity contribution in [1.29, 1.82) is 0 Å². The second-order valence-electron chi connectivity index (χ2n) is 8.48. The molecule has 186 valence electrons. The second kappa shape index (κ2) is 16.8. The molecule has 0 heterocycles. The number of phenolic OH excluding ortho intramolecular Hbond substituents is 2. The van der Waals surface area contributed by atoms with Crippen molar-refractivity contribution in [1.82, 2.24) is 0 Å². The van der Waals surface area contributed by atoms with Crippen molar-refractivity contribution >= 4 is 45.2 Å². The van der Waals surface area contributed by atoms with Crippen LogP contribution in [0.2, 0.25) is 0 Å². The summed E-state index contributed by atoms with van der Waals surface area (Å²) in [6.07, 6.45) is 0. The molecule has 2 nitrogen and oxygen atoms in total. The van der Waals surface area contributed by atoms with E-state index in [0.29, 0.717) is 11.5 Å². The van der Waals surface area contributed by atoms with Crippen molar-refractivity contribution in [2.45, 2.75) is 55.4 Å². The fourth-order valence-corrected chi connectivity index (χ4v) is 4.27. The Balaban J connectivity index is 0.000000437. The van der Waals surface area contributed by atoms with Crippen LogP contribution in [0.5, 0.6) is 11.5 Å². The van der Waals surface area contributed by atoms with E-state index < -0.39 is 0 Å². The molecule has 0 aliphatic rings. The zero-order chi connectivity index (χ0) is 26.0. The van der Waals surface area contributed by atoms with Crippen LogP contribution < -0.4 is 0 Å². The Morgan fingerprint density at radius 3 is 0.886 bits per heavy atom. The SMILES string of the molecule is Cc1[cH-]c(C)c(C)c1C.Cc1[cH-]c(C)c(C)c1C.Oc1cccc(I)c1.Oc1cccc(I)c1.[Zr+2]. The van der Waals surface area contributed by atoms with E-state index in [1.165, 1.54) is 44.5 Å². The molecule has 0 radical (unpaired) electrons. The predicted molar refractivity (Wildman–Crippen MR) is 164 cm³/mol. The number of halogens is 2. The summed E-state index contributed by atoms with van der Waals surface area (Å²) in [6.45, 7) is 17.4. The monoisotopic (exact) mass is 772 g/mol. The number of hydrogen-bond acceptors (Lipinski definition) is 2. The molecular formula is C30H36I2O2Zr. The molecular weight excluding hydrogens is 737 g/mol. The average Bonchev–Trinajstić information content (AvgIpc) is 3.11. The normalized spacial score (nSPS) is 9.43. The molecule has 0 saturated heterocycles. The summed E-state index contributed by atoms with van der Waals surface area (Å²) in [6, 6.07) is 18.7. The fourth-order valence-electron chi connectivity index (χ4n) is 3.22. The predicted octanol–water partition coefficient (Wildman–Crippen LogP) is 9.27. The van der Waals surface area contributed by atoms with E-state index in [4.69, 9.17) is 10.2 Å². The zero-order valence-corrected chi connectivity index (χ0v) is 28.7. The molecule has 0 amide bonds. The van der Waals surface area contributed by atoms with Gasteiger partial charge < -0.3 is 10.2 Å². The number of aryl methyl sites for hydroxylation is 4. The molecule has 4 rings (SSSR count). The average molecular weight is 774 g/mol. The molecule has 0 bridgehead atoms. The molecule has 0 fully saturated rings. The molecule has 0 saturated carbocycles. The molecule has 0 atom stereocenters. The van der Waals surface area contributed by atoms with Crippen LogP contribution in [0.25, 0.3) is 0 Å². The largest absolute Gasteiger partial charge is 2.00 e. The van der Waals surface area contributed by atoms with Gasteiger partial charge in [-0.25, -0.2) is 0 Å². The van der Waals surface area contributed by atoms with Gasteiger partial charge in [-0.1, -0.05) is 67.5 Å². The van der Waals surface area contributed by atoms with Crippen LogP contribution in [0.1, 0.15) is 44.5 Å². The minimum absolute atomic E-state index is 0. The van der Waals surface area contributed by atoms with Crippen molar-refractivity contribution in [3.63, 3.8) is 0 Å². The van der Waals surface area contributed by atoms with Crippen molar-refractivity contribution < 1.29 is 36.4 Å². The van der Waals surface area contributed by atoms with Crippen LogP contribution >= 0.6 is 45.2 Å². The first-order chi connectivity index (χ1) is 15.8. The third kappa shape index (κ3) is 12.2. The Labute approximate surface area is 258 Å². The van der Waals surface area contributed by atoms with E-state index in [1.54, 1.807) is 24.3 Å². The van der Waals surface area contributed by atoms with Crippen molar-refractivity contribution in [3.8, 4) is 11.5 Å². The number of phenols is 2. The van der Waals surface area contributed by atoms with E-state index in [-0.39, 0.29) is 26.2 Å². The van der Waals surface area contributed by atoms with Gasteiger partial charge in [0.15, 0.2) is 0 Å². The van der Waals surface area contributed by atoms with Gasteiger partial charge in [-0.05, 0) is 81.6 Å². The first-order valence-electron chi connectivity index (χ1n) is 11.1. The topological polar surface area (TPSA) is 40.5 Å². The van der Waals surface area contributed by atoms with Gasteiger partial charge in [-0.15, -0.1) is 0 Å². The minimum Gasteiger partial charge on any atom is -0.508 e. The van der Waals surface area contributed by atoms with Gasteiger partial charge in [0.05, 0.1) is 0 Å². The summed E-state index contributed by atoms with van der Waals surface area (Å²) < 4.78 is 2.12. The molecule has 4 aromatic rings. The molecule has 0 aromatic heterocycles. The molecule has 2 N–H and O–H groups in total. The first kappa shape index (κ1) is 34.1. The first-order valence-corrected chi connectivity index (χ1v) is 13.3. The maximum absolute atomic E-state index is 8.81. The van der Waals surface area contributed by atoms with E-state index in [0.717, 1.165) is 7.14 Å². The molecule has 0 aliphatic heterocycles. The molecule has 0 aliphatic carbocycles. The van der Waals surface area contributed by atoms with Crippen LogP contribution in [-0.2, 0) is 26.2 Å². The Hall–Kier alpha value is -0.917. The van der Waals surface area contributed by atoms with Gasteiger partial charge in [-0.2, -0.15) is 56.6 Å². The molecule has 35 heavy (non-hydrogen) atoms. The summed E-state index contributed by atoms with van der Waals surface area (Å²) in [7, 11) is 0. The molecule has 0 spiro atoms. The van der Waals surface area contributed by atoms with Crippen LogP contribution in [-0.4, -0.2) is 10.2 Å². The third-order valence-electron chi connectivity index (χ3n) is 5.97. The number of aromatic hydroxyl groups is 2.